The van der Waals surface area contributed by atoms with Crippen LogP contribution < -0.4 is 0 Å². The summed E-state index contributed by atoms with van der Waals surface area (Å²) in [6, 6.07) is -2.39. The van der Waals surface area contributed by atoms with E-state index in [1.54, 1.807) is 20.8 Å². The molecule has 1 aliphatic heterocycles. The van der Waals surface area contributed by atoms with E-state index in [0.717, 1.165) is 4.90 Å². The molecule has 1 saturated carbocycles. The molecule has 1 amide bonds. The Morgan fingerprint density at radius 1 is 1.26 bits per heavy atom. The molecule has 0 aromatic carbocycles. The summed E-state index contributed by atoms with van der Waals surface area (Å²) in [6.45, 7) is 4.87. The minimum atomic E-state index is -1.84. The molecule has 108 valence electrons. The minimum Gasteiger partial charge on any atom is -0.480 e. The van der Waals surface area contributed by atoms with Crippen LogP contribution in [0, 0.1) is 5.92 Å². The van der Waals surface area contributed by atoms with Gasteiger partial charge in [0.05, 0.1) is 6.04 Å². The van der Waals surface area contributed by atoms with Crippen LogP contribution >= 0.6 is 0 Å². The molecule has 1 saturated heterocycles. The summed E-state index contributed by atoms with van der Waals surface area (Å²) in [5.41, 5.74) is -0.817. The van der Waals surface area contributed by atoms with Crippen LogP contribution in [0.3, 0.4) is 0 Å². The lowest BCUT2D eigenvalue weighted by Crippen LogP contribution is -2.57. The fraction of sp³-hybridized carbons (Fsp3) is 0.833. The zero-order valence-corrected chi connectivity index (χ0v) is 11.0. The van der Waals surface area contributed by atoms with Crippen molar-refractivity contribution >= 4 is 12.1 Å². The Hall–Kier alpha value is -1.40. The number of carboxylic acids is 1. The van der Waals surface area contributed by atoms with Crippen molar-refractivity contribution in [3.63, 3.8) is 0 Å². The van der Waals surface area contributed by atoms with Gasteiger partial charge in [-0.2, -0.15) is 0 Å². The van der Waals surface area contributed by atoms with Gasteiger partial charge in [0.1, 0.15) is 17.8 Å². The molecule has 2 bridgehead atoms. The molecule has 0 radical (unpaired) electrons. The summed E-state index contributed by atoms with van der Waals surface area (Å²) in [4.78, 5) is 24.0. The average molecular weight is 277 g/mol. The SMILES string of the molecule is CC(C)(C)OC(=O)N1C2CC(C(F)C2F)C1C(=O)O. The molecule has 1 aliphatic carbocycles. The summed E-state index contributed by atoms with van der Waals surface area (Å²) in [5.74, 6) is -2.32. The first-order valence-electron chi connectivity index (χ1n) is 6.16. The van der Waals surface area contributed by atoms with Crippen LogP contribution in [0.4, 0.5) is 13.6 Å². The second-order valence-electron chi connectivity index (χ2n) is 6.03. The van der Waals surface area contributed by atoms with E-state index >= 15 is 0 Å². The predicted octanol–water partition coefficient (Wildman–Crippen LogP) is 1.76. The van der Waals surface area contributed by atoms with Gasteiger partial charge in [-0.15, -0.1) is 0 Å². The largest absolute Gasteiger partial charge is 0.480 e. The van der Waals surface area contributed by atoms with Crippen molar-refractivity contribution in [2.24, 2.45) is 5.92 Å². The monoisotopic (exact) mass is 277 g/mol. The molecule has 1 N–H and O–H groups in total. The Kier molecular flexibility index (Phi) is 3.18. The van der Waals surface area contributed by atoms with E-state index in [2.05, 4.69) is 0 Å². The van der Waals surface area contributed by atoms with Gasteiger partial charge in [0.15, 0.2) is 6.17 Å². The smallest absolute Gasteiger partial charge is 0.411 e. The van der Waals surface area contributed by atoms with Crippen LogP contribution in [0.2, 0.25) is 0 Å². The zero-order valence-electron chi connectivity index (χ0n) is 11.0. The van der Waals surface area contributed by atoms with E-state index in [1.165, 1.54) is 0 Å². The predicted molar refractivity (Wildman–Crippen MR) is 61.2 cm³/mol. The Balaban J connectivity index is 2.23. The van der Waals surface area contributed by atoms with Gasteiger partial charge >= 0.3 is 12.1 Å². The number of rotatable bonds is 1. The maximum atomic E-state index is 13.7. The molecule has 7 heteroatoms. The Morgan fingerprint density at radius 3 is 2.32 bits per heavy atom. The number of nitrogens with zero attached hydrogens (tertiary/aromatic N) is 1. The van der Waals surface area contributed by atoms with E-state index in [4.69, 9.17) is 9.84 Å². The molecule has 0 aromatic heterocycles. The van der Waals surface area contributed by atoms with Crippen molar-refractivity contribution in [2.45, 2.75) is 57.2 Å². The molecule has 19 heavy (non-hydrogen) atoms. The highest BCUT2D eigenvalue weighted by Gasteiger charge is 2.63. The highest BCUT2D eigenvalue weighted by molar-refractivity contribution is 5.82. The van der Waals surface area contributed by atoms with Gasteiger partial charge in [-0.05, 0) is 27.2 Å². The van der Waals surface area contributed by atoms with Crippen LogP contribution in [0.1, 0.15) is 27.2 Å². The topological polar surface area (TPSA) is 66.8 Å². The number of halogens is 2. The fourth-order valence-electron chi connectivity index (χ4n) is 2.84. The number of fused-ring (bicyclic) bond motifs is 2. The van der Waals surface area contributed by atoms with Gasteiger partial charge < -0.3 is 9.84 Å². The zero-order chi connectivity index (χ0) is 14.5. The summed E-state index contributed by atoms with van der Waals surface area (Å²) in [7, 11) is 0. The van der Waals surface area contributed by atoms with E-state index in [9.17, 15) is 18.4 Å². The molecule has 2 aliphatic rings. The van der Waals surface area contributed by atoms with Crippen LogP contribution in [0.15, 0.2) is 0 Å². The highest BCUT2D eigenvalue weighted by Crippen LogP contribution is 2.46. The third-order valence-electron chi connectivity index (χ3n) is 3.51. The second kappa shape index (κ2) is 4.31. The third-order valence-corrected chi connectivity index (χ3v) is 3.51. The van der Waals surface area contributed by atoms with Crippen molar-refractivity contribution in [1.29, 1.82) is 0 Å². The van der Waals surface area contributed by atoms with Crippen molar-refractivity contribution in [3.05, 3.63) is 0 Å². The average Bonchev–Trinajstić information content (AvgIpc) is 2.74. The third kappa shape index (κ3) is 2.26. The number of hydrogen-bond donors (Lipinski definition) is 1. The van der Waals surface area contributed by atoms with Crippen molar-refractivity contribution < 1.29 is 28.2 Å². The lowest BCUT2D eigenvalue weighted by Gasteiger charge is -2.36. The van der Waals surface area contributed by atoms with E-state index in [1.807, 2.05) is 0 Å². The maximum Gasteiger partial charge on any atom is 0.411 e. The first kappa shape index (κ1) is 14.0. The summed E-state index contributed by atoms with van der Waals surface area (Å²) in [6.07, 6.45) is -4.54. The van der Waals surface area contributed by atoms with Crippen LogP contribution in [0.5, 0.6) is 0 Å². The molecule has 5 atom stereocenters. The van der Waals surface area contributed by atoms with Crippen molar-refractivity contribution in [2.75, 3.05) is 0 Å². The van der Waals surface area contributed by atoms with E-state index in [-0.39, 0.29) is 6.42 Å². The molecular weight excluding hydrogens is 260 g/mol. The maximum absolute atomic E-state index is 13.7. The van der Waals surface area contributed by atoms with Gasteiger partial charge in [0.25, 0.3) is 0 Å². The second-order valence-corrected chi connectivity index (χ2v) is 6.03. The normalized spacial score (nSPS) is 37.5. The fourth-order valence-corrected chi connectivity index (χ4v) is 2.84. The van der Waals surface area contributed by atoms with E-state index in [0.29, 0.717) is 0 Å². The molecule has 0 spiro atoms. The van der Waals surface area contributed by atoms with Crippen molar-refractivity contribution in [3.8, 4) is 0 Å². The van der Waals surface area contributed by atoms with Gasteiger partial charge in [-0.1, -0.05) is 0 Å². The molecule has 5 nitrogen and oxygen atoms in total. The van der Waals surface area contributed by atoms with Gasteiger partial charge in [0, 0.05) is 5.92 Å². The van der Waals surface area contributed by atoms with E-state index < -0.39 is 48.0 Å². The van der Waals surface area contributed by atoms with Gasteiger partial charge in [0.2, 0.25) is 0 Å². The molecular formula is C12H17F2NO4. The molecule has 5 unspecified atom stereocenters. The number of piperidine rings is 1. The quantitative estimate of drug-likeness (QED) is 0.793. The van der Waals surface area contributed by atoms with Crippen LogP contribution in [-0.2, 0) is 9.53 Å². The summed E-state index contributed by atoms with van der Waals surface area (Å²) in [5, 5.41) is 9.12. The Morgan fingerprint density at radius 2 is 1.84 bits per heavy atom. The molecule has 0 aromatic rings. The van der Waals surface area contributed by atoms with Gasteiger partial charge in [-0.25, -0.2) is 18.4 Å². The molecule has 2 rings (SSSR count). The molecule has 2 fully saturated rings. The first-order chi connectivity index (χ1) is 8.63. The van der Waals surface area contributed by atoms with Crippen LogP contribution in [-0.4, -0.2) is 52.1 Å². The Labute approximate surface area is 109 Å². The first-order valence-corrected chi connectivity index (χ1v) is 6.16. The molecule has 1 heterocycles. The Bertz CT molecular complexity index is 409. The number of amides is 1. The van der Waals surface area contributed by atoms with Crippen LogP contribution in [0.25, 0.3) is 0 Å². The number of alkyl halides is 2. The lowest BCUT2D eigenvalue weighted by atomic mass is 9.96. The van der Waals surface area contributed by atoms with Gasteiger partial charge in [-0.3, -0.25) is 4.90 Å². The highest BCUT2D eigenvalue weighted by atomic mass is 19.2. The number of likely N-dealkylation sites (tertiary alicyclic amines) is 1. The number of carbonyl (C=O) groups excluding carboxylic acids is 1. The number of aliphatic carboxylic acids is 1. The number of ether oxygens (including phenoxy) is 1. The minimum absolute atomic E-state index is 0.0263. The van der Waals surface area contributed by atoms with Crippen molar-refractivity contribution in [1.82, 2.24) is 4.90 Å². The standard InChI is InChI=1S/C12H17F2NO4/c1-12(2,3)19-11(18)15-6-4-5(7(13)8(6)14)9(15)10(16)17/h5-9H,4H2,1-3H3,(H,16,17). The number of carbonyl (C=O) groups is 2. The lowest BCUT2D eigenvalue weighted by molar-refractivity contribution is -0.147. The number of hydrogen-bond acceptors (Lipinski definition) is 3. The number of carboxylic acid groups (broad SMARTS) is 1. The summed E-state index contributed by atoms with van der Waals surface area (Å²) < 4.78 is 32.3. The summed E-state index contributed by atoms with van der Waals surface area (Å²) >= 11 is 0.